The van der Waals surface area contributed by atoms with Crippen molar-refractivity contribution >= 4 is 23.6 Å². The molecular formula is C27H24N4O4. The Hall–Kier alpha value is -4.17. The Balaban J connectivity index is 1.35. The number of pyridine rings is 1. The van der Waals surface area contributed by atoms with Crippen LogP contribution in [0.3, 0.4) is 0 Å². The van der Waals surface area contributed by atoms with E-state index in [1.165, 1.54) is 0 Å². The normalized spacial score (nSPS) is 17.5. The third kappa shape index (κ3) is 4.48. The highest BCUT2D eigenvalue weighted by Gasteiger charge is 2.45. The molecule has 176 valence electrons. The molecule has 1 fully saturated rings. The van der Waals surface area contributed by atoms with Crippen LogP contribution in [0, 0.1) is 0 Å². The summed E-state index contributed by atoms with van der Waals surface area (Å²) in [6, 6.07) is 16.0. The molecule has 0 radical (unpaired) electrons. The summed E-state index contributed by atoms with van der Waals surface area (Å²) in [5.74, 6) is -2.01. The fourth-order valence-corrected chi connectivity index (χ4v) is 4.62. The van der Waals surface area contributed by atoms with Crippen molar-refractivity contribution in [3.05, 3.63) is 89.2 Å². The first-order chi connectivity index (χ1) is 17.0. The number of imide groups is 2. The summed E-state index contributed by atoms with van der Waals surface area (Å²) in [5, 5.41) is 5.64. The van der Waals surface area contributed by atoms with Crippen molar-refractivity contribution < 1.29 is 19.2 Å². The van der Waals surface area contributed by atoms with Crippen LogP contribution >= 0.6 is 0 Å². The average Bonchev–Trinajstić information content (AvgIpc) is 3.13. The minimum Gasteiger partial charge on any atom is -0.312 e. The second-order valence-corrected chi connectivity index (χ2v) is 8.66. The third-order valence-corrected chi connectivity index (χ3v) is 6.35. The lowest BCUT2D eigenvalue weighted by molar-refractivity contribution is -0.136. The molecule has 35 heavy (non-hydrogen) atoms. The van der Waals surface area contributed by atoms with Crippen molar-refractivity contribution in [1.82, 2.24) is 20.5 Å². The van der Waals surface area contributed by atoms with Gasteiger partial charge < -0.3 is 5.32 Å². The van der Waals surface area contributed by atoms with Crippen molar-refractivity contribution in [1.29, 1.82) is 0 Å². The number of piperidine rings is 1. The van der Waals surface area contributed by atoms with Gasteiger partial charge in [0.25, 0.3) is 11.8 Å². The van der Waals surface area contributed by atoms with E-state index in [1.807, 2.05) is 48.7 Å². The number of fused-ring (bicyclic) bond motifs is 1. The van der Waals surface area contributed by atoms with E-state index in [2.05, 4.69) is 15.6 Å². The van der Waals surface area contributed by atoms with Gasteiger partial charge in [-0.3, -0.25) is 34.4 Å². The summed E-state index contributed by atoms with van der Waals surface area (Å²) < 4.78 is 0. The highest BCUT2D eigenvalue weighted by Crippen LogP contribution is 2.35. The molecule has 4 amide bonds. The van der Waals surface area contributed by atoms with Gasteiger partial charge >= 0.3 is 0 Å². The number of rotatable bonds is 7. The van der Waals surface area contributed by atoms with Crippen LogP contribution in [0.25, 0.3) is 11.1 Å². The van der Waals surface area contributed by atoms with Crippen LogP contribution in [0.15, 0.2) is 67.0 Å². The molecule has 8 nitrogen and oxygen atoms in total. The van der Waals surface area contributed by atoms with Crippen molar-refractivity contribution in [3.63, 3.8) is 0 Å². The maximum absolute atomic E-state index is 13.4. The van der Waals surface area contributed by atoms with E-state index in [0.29, 0.717) is 11.1 Å². The topological polar surface area (TPSA) is 108 Å². The van der Waals surface area contributed by atoms with E-state index in [9.17, 15) is 19.2 Å². The number of amides is 4. The molecule has 2 N–H and O–H groups in total. The van der Waals surface area contributed by atoms with Crippen molar-refractivity contribution in [2.24, 2.45) is 0 Å². The van der Waals surface area contributed by atoms with Gasteiger partial charge in [-0.1, -0.05) is 42.5 Å². The first-order valence-corrected chi connectivity index (χ1v) is 11.6. The number of nitrogens with one attached hydrogen (secondary N) is 2. The van der Waals surface area contributed by atoms with Crippen molar-refractivity contribution in [3.8, 4) is 11.1 Å². The minimum absolute atomic E-state index is 0.0908. The maximum Gasteiger partial charge on any atom is 0.262 e. The molecule has 1 saturated heterocycles. The van der Waals surface area contributed by atoms with E-state index >= 15 is 0 Å². The molecule has 8 heteroatoms. The predicted molar refractivity (Wildman–Crippen MR) is 128 cm³/mol. The van der Waals surface area contributed by atoms with Crippen LogP contribution in [0.5, 0.6) is 0 Å². The molecule has 0 bridgehead atoms. The monoisotopic (exact) mass is 468 g/mol. The first-order valence-electron chi connectivity index (χ1n) is 11.6. The van der Waals surface area contributed by atoms with Crippen LogP contribution < -0.4 is 10.6 Å². The number of nitrogens with zero attached hydrogens (tertiary/aromatic N) is 2. The summed E-state index contributed by atoms with van der Waals surface area (Å²) in [5.41, 5.74) is 4.27. The number of aromatic nitrogens is 1. The highest BCUT2D eigenvalue weighted by molar-refractivity contribution is 6.25. The van der Waals surface area contributed by atoms with Crippen LogP contribution in [-0.4, -0.2) is 46.1 Å². The largest absolute Gasteiger partial charge is 0.312 e. The summed E-state index contributed by atoms with van der Waals surface area (Å²) >= 11 is 0. The van der Waals surface area contributed by atoms with Crippen LogP contribution in [0.1, 0.15) is 44.7 Å². The van der Waals surface area contributed by atoms with Gasteiger partial charge in [0.1, 0.15) is 6.04 Å². The zero-order valence-electron chi connectivity index (χ0n) is 19.0. The molecule has 2 aromatic carbocycles. The Morgan fingerprint density at radius 2 is 1.74 bits per heavy atom. The lowest BCUT2D eigenvalue weighted by Crippen LogP contribution is -2.54. The van der Waals surface area contributed by atoms with Crippen molar-refractivity contribution in [2.45, 2.75) is 31.8 Å². The summed E-state index contributed by atoms with van der Waals surface area (Å²) in [4.78, 5) is 55.5. The second kappa shape index (κ2) is 9.60. The van der Waals surface area contributed by atoms with Gasteiger partial charge in [-0.15, -0.1) is 0 Å². The van der Waals surface area contributed by atoms with E-state index in [-0.39, 0.29) is 18.4 Å². The maximum atomic E-state index is 13.4. The first kappa shape index (κ1) is 22.6. The molecule has 0 saturated carbocycles. The van der Waals surface area contributed by atoms with Crippen LogP contribution in [0.2, 0.25) is 0 Å². The summed E-state index contributed by atoms with van der Waals surface area (Å²) in [6.07, 6.45) is 4.59. The Bertz CT molecular complexity index is 1320. The van der Waals surface area contributed by atoms with Crippen LogP contribution in [-0.2, 0) is 22.6 Å². The molecule has 3 aromatic rings. The zero-order chi connectivity index (χ0) is 24.4. The lowest BCUT2D eigenvalue weighted by atomic mass is 9.95. The Labute approximate surface area is 202 Å². The number of carbonyl (C=O) groups is 4. The Morgan fingerprint density at radius 3 is 2.54 bits per heavy atom. The molecule has 1 atom stereocenters. The molecule has 2 aliphatic heterocycles. The quantitative estimate of drug-likeness (QED) is 0.407. The molecule has 1 aromatic heterocycles. The average molecular weight is 469 g/mol. The Morgan fingerprint density at radius 1 is 0.943 bits per heavy atom. The molecule has 3 heterocycles. The van der Waals surface area contributed by atoms with E-state index in [1.54, 1.807) is 18.3 Å². The fourth-order valence-electron chi connectivity index (χ4n) is 4.62. The van der Waals surface area contributed by atoms with Gasteiger partial charge in [-0.2, -0.15) is 0 Å². The molecule has 5 rings (SSSR count). The van der Waals surface area contributed by atoms with Crippen molar-refractivity contribution in [2.75, 3.05) is 6.54 Å². The second-order valence-electron chi connectivity index (χ2n) is 8.66. The third-order valence-electron chi connectivity index (χ3n) is 6.35. The summed E-state index contributed by atoms with van der Waals surface area (Å²) in [7, 11) is 0. The Kier molecular flexibility index (Phi) is 6.20. The van der Waals surface area contributed by atoms with Gasteiger partial charge in [-0.25, -0.2) is 0 Å². The van der Waals surface area contributed by atoms with Crippen LogP contribution in [0.4, 0.5) is 0 Å². The van der Waals surface area contributed by atoms with Gasteiger partial charge in [0, 0.05) is 25.4 Å². The van der Waals surface area contributed by atoms with E-state index < -0.39 is 29.7 Å². The van der Waals surface area contributed by atoms with E-state index in [4.69, 9.17) is 0 Å². The molecule has 0 aliphatic carbocycles. The molecular weight excluding hydrogens is 444 g/mol. The number of hydrogen-bond donors (Lipinski definition) is 2. The minimum atomic E-state index is -0.981. The fraction of sp³-hybridized carbons (Fsp3) is 0.222. The van der Waals surface area contributed by atoms with Gasteiger partial charge in [0.2, 0.25) is 11.8 Å². The SMILES string of the molecule is O=C1CCC(N2C(=O)c3cccc(-c4cccc(CCNCc5cccnc5)c4)c3C2=O)C(=O)N1. The number of carbonyl (C=O) groups excluding carboxylic acids is 4. The summed E-state index contributed by atoms with van der Waals surface area (Å²) in [6.45, 7) is 1.50. The molecule has 0 spiro atoms. The standard InChI is InChI=1S/C27H24N4O4/c32-23-10-9-22(25(33)30-23)31-26(34)21-8-2-7-20(24(21)27(31)35)19-6-1-4-17(14-19)11-13-29-16-18-5-3-12-28-15-18/h1-8,12,14-15,22,29H,9-11,13,16H2,(H,30,32,33). The highest BCUT2D eigenvalue weighted by atomic mass is 16.2. The molecule has 1 unspecified atom stereocenters. The van der Waals surface area contributed by atoms with Gasteiger partial charge in [-0.05, 0) is 53.8 Å². The smallest absolute Gasteiger partial charge is 0.262 e. The number of benzene rings is 2. The van der Waals surface area contributed by atoms with E-state index in [0.717, 1.165) is 41.1 Å². The predicted octanol–water partition coefficient (Wildman–Crippen LogP) is 2.48. The zero-order valence-corrected chi connectivity index (χ0v) is 19.0. The number of hydrogen-bond acceptors (Lipinski definition) is 6. The molecule has 2 aliphatic rings. The lowest BCUT2D eigenvalue weighted by Gasteiger charge is -2.27. The van der Waals surface area contributed by atoms with Gasteiger partial charge in [0.05, 0.1) is 11.1 Å². The van der Waals surface area contributed by atoms with Gasteiger partial charge in [0.15, 0.2) is 0 Å².